The topological polar surface area (TPSA) is 54.0 Å². The number of hydrogen-bond donors (Lipinski definition) is 0. The Kier molecular flexibility index (Phi) is 10.2. The van der Waals surface area contributed by atoms with Crippen molar-refractivity contribution in [3.63, 3.8) is 0 Å². The number of rotatable bonds is 13. The Balaban J connectivity index is 0.00000786. The zero-order valence-corrected chi connectivity index (χ0v) is 40.6. The second-order valence-electron chi connectivity index (χ2n) is 16.8. The van der Waals surface area contributed by atoms with Crippen LogP contribution in [0.1, 0.15) is 75.3 Å². The Morgan fingerprint density at radius 3 is 1.64 bits per heavy atom. The van der Waals surface area contributed by atoms with Gasteiger partial charge in [-0.05, 0) is 119 Å². The van der Waals surface area contributed by atoms with Crippen molar-refractivity contribution in [2.24, 2.45) is 5.11 Å². The number of nitrogens with zero attached hydrogens (tertiary/aromatic N) is 5. The molecule has 0 saturated carbocycles. The van der Waals surface area contributed by atoms with E-state index in [1.54, 1.807) is 22.9 Å². The van der Waals surface area contributed by atoms with Gasteiger partial charge in [-0.15, -0.1) is 54.1 Å². The minimum atomic E-state index is -3.36. The molecule has 0 amide bonds. The van der Waals surface area contributed by atoms with Crippen molar-refractivity contribution in [2.45, 2.75) is 58.1 Å². The van der Waals surface area contributed by atoms with Crippen LogP contribution in [0.5, 0.6) is 0 Å². The fraction of sp³-hybridized carbons (Fsp3) is 0.145. The van der Waals surface area contributed by atoms with Gasteiger partial charge in [0, 0.05) is 63.9 Å². The third-order valence-corrected chi connectivity index (χ3v) is 12.2. The largest absolute Gasteiger partial charge is 3.00 e. The van der Waals surface area contributed by atoms with Gasteiger partial charge in [0.25, 0.3) is 0 Å². The molecular weight excluding hydrogens is 1080 g/mol. The molecule has 0 saturated heterocycles. The number of fused-ring (bicyclic) bond motifs is 6. The van der Waals surface area contributed by atoms with Crippen molar-refractivity contribution in [1.82, 2.24) is 15.0 Å². The SMILES string of the molecule is [2H]C([2H])(c1ccc(-c2[c-]cc(F)cc2F)nc1)C([2H])([2H])c1cc(C([2H])([2H])C([2H])([2H])c2ccc(-c3[c-]cc(F)cc3F)nc2)cc(C([2H])([2H])C([2H])([2H])c2cnc3c(c2-c2ccc(-c4ccccc4)cc2)[N+]2=NC(C)=C(C)C2c2ccc[c-]c2-3)c1.[Ir+3]. The quantitative estimate of drug-likeness (QED) is 0.0657. The molecule has 5 heterocycles. The van der Waals surface area contributed by atoms with Crippen LogP contribution in [0.3, 0.4) is 0 Å². The summed E-state index contributed by atoms with van der Waals surface area (Å²) in [6.45, 7) is 3.77. The summed E-state index contributed by atoms with van der Waals surface area (Å²) < 4.78 is 175. The van der Waals surface area contributed by atoms with Crippen LogP contribution in [-0.4, -0.2) is 19.6 Å². The molecule has 0 N–H and O–H groups in total. The number of halogens is 4. The van der Waals surface area contributed by atoms with Gasteiger partial charge in [0.2, 0.25) is 11.7 Å². The third-order valence-electron chi connectivity index (χ3n) is 12.2. The Hall–Kier alpha value is -7.52. The maximum absolute atomic E-state index is 14.8. The molecule has 6 aromatic carbocycles. The van der Waals surface area contributed by atoms with Crippen molar-refractivity contribution in [1.29, 1.82) is 0 Å². The molecule has 3 aromatic heterocycles. The molecule has 72 heavy (non-hydrogen) atoms. The molecule has 0 spiro atoms. The van der Waals surface area contributed by atoms with Gasteiger partial charge in [-0.1, -0.05) is 131 Å². The van der Waals surface area contributed by atoms with Crippen LogP contribution in [0.15, 0.2) is 175 Å². The standard InChI is InChI=1S/C62H45F4N5.Ir/c1-38-39(2)70-71-61(38)52-11-7-6-10-51(52)60-62(71)59(47-22-20-46(21-23-47)45-8-4-3-5-9-45)48(37-69-60)19-16-44-31-42(14-12-40-17-28-57(67-35-40)53-26-24-49(63)33-55(53)65)30-43(32-44)15-13-41-18-29-58(68-36-41)54-27-25-50(64)34-56(54)66;/h3-9,11,17-18,20-25,28-37,61H,12-16,19H2,1-2H3;/q-2;+3/i12D2,13D2,14D2,15D2,16D2,19D2;. The molecule has 9 aromatic rings. The van der Waals surface area contributed by atoms with E-state index < -0.39 is 95.4 Å². The first kappa shape index (κ1) is 35.6. The van der Waals surface area contributed by atoms with Crippen LogP contribution in [-0.2, 0) is 58.3 Å². The zero-order chi connectivity index (χ0) is 59.3. The van der Waals surface area contributed by atoms with Crippen LogP contribution in [0.4, 0.5) is 23.2 Å². The van der Waals surface area contributed by atoms with Crippen LogP contribution in [0.2, 0.25) is 0 Å². The molecule has 10 heteroatoms. The van der Waals surface area contributed by atoms with Crippen molar-refractivity contribution in [3.05, 3.63) is 250 Å². The fourth-order valence-electron chi connectivity index (χ4n) is 8.65. The molecule has 0 bridgehead atoms. The van der Waals surface area contributed by atoms with E-state index >= 15 is 0 Å². The van der Waals surface area contributed by atoms with Gasteiger partial charge in [0.15, 0.2) is 0 Å². The van der Waals surface area contributed by atoms with Crippen LogP contribution in [0.25, 0.3) is 56.0 Å². The number of aryl methyl sites for hydroxylation is 6. The van der Waals surface area contributed by atoms with Crippen molar-refractivity contribution < 1.29 is 58.8 Å². The molecular formula is C62H45F4IrN5+. The first-order valence-corrected chi connectivity index (χ1v) is 22.4. The summed E-state index contributed by atoms with van der Waals surface area (Å²) in [4.78, 5) is 13.1. The summed E-state index contributed by atoms with van der Waals surface area (Å²) in [5.74, 6) is -3.87. The Morgan fingerprint density at radius 1 is 0.542 bits per heavy atom. The average Bonchev–Trinajstić information content (AvgIpc) is 1.26. The Bertz CT molecular complexity index is 3990. The first-order valence-electron chi connectivity index (χ1n) is 28.4. The molecule has 2 aliphatic heterocycles. The van der Waals surface area contributed by atoms with Crippen LogP contribution in [0, 0.1) is 41.5 Å². The maximum Gasteiger partial charge on any atom is 3.00 e. The smallest absolute Gasteiger partial charge is 0.304 e. The Morgan fingerprint density at radius 2 is 1.08 bits per heavy atom. The van der Waals surface area contributed by atoms with Crippen LogP contribution >= 0.6 is 0 Å². The summed E-state index contributed by atoms with van der Waals surface area (Å²) in [5.41, 5.74) is 1.83. The van der Waals surface area contributed by atoms with Gasteiger partial charge in [0.05, 0.1) is 11.3 Å². The summed E-state index contributed by atoms with van der Waals surface area (Å²) in [6.07, 6.45) is -16.5. The van der Waals surface area contributed by atoms with Gasteiger partial charge >= 0.3 is 20.1 Å². The van der Waals surface area contributed by atoms with Crippen LogP contribution < -0.4 is 0 Å². The second-order valence-corrected chi connectivity index (χ2v) is 16.8. The molecule has 1 unspecified atom stereocenters. The minimum Gasteiger partial charge on any atom is -0.304 e. The Labute approximate surface area is 447 Å². The number of azo groups is 2. The zero-order valence-electron chi connectivity index (χ0n) is 50.2. The van der Waals surface area contributed by atoms with E-state index in [-0.39, 0.29) is 53.7 Å². The summed E-state index contributed by atoms with van der Waals surface area (Å²) in [7, 11) is 0. The third kappa shape index (κ3) is 9.77. The van der Waals surface area contributed by atoms with E-state index in [1.807, 2.05) is 68.4 Å². The normalized spacial score (nSPS) is 17.2. The van der Waals surface area contributed by atoms with E-state index in [4.69, 9.17) is 10.1 Å². The molecule has 5 nitrogen and oxygen atoms in total. The molecule has 0 fully saturated rings. The fourth-order valence-corrected chi connectivity index (χ4v) is 8.65. The van der Waals surface area contributed by atoms with Crippen molar-refractivity contribution in [2.75, 3.05) is 0 Å². The van der Waals surface area contributed by atoms with Gasteiger partial charge in [-0.25, -0.2) is 0 Å². The maximum atomic E-state index is 14.8. The van der Waals surface area contributed by atoms with E-state index in [0.717, 1.165) is 89.3 Å². The van der Waals surface area contributed by atoms with Gasteiger partial charge in [0.1, 0.15) is 5.70 Å². The minimum absolute atomic E-state index is 0. The predicted octanol–water partition coefficient (Wildman–Crippen LogP) is 15.0. The number of pyridine rings is 3. The summed E-state index contributed by atoms with van der Waals surface area (Å²) in [6, 6.07) is 40.0. The molecule has 0 radical (unpaired) electrons. The van der Waals surface area contributed by atoms with Crippen molar-refractivity contribution in [3.8, 4) is 56.0 Å². The van der Waals surface area contributed by atoms with Gasteiger partial charge in [-0.2, -0.15) is 0 Å². The van der Waals surface area contributed by atoms with Gasteiger partial charge in [-0.3, -0.25) is 22.5 Å². The molecule has 11 rings (SSSR count). The molecule has 2 aliphatic rings. The van der Waals surface area contributed by atoms with Crippen molar-refractivity contribution >= 4 is 5.69 Å². The van der Waals surface area contributed by atoms with Gasteiger partial charge < -0.3 is 9.97 Å². The molecule has 0 aliphatic carbocycles. The van der Waals surface area contributed by atoms with E-state index in [9.17, 15) is 34.0 Å². The number of hydrogen-bond acceptors (Lipinski definition) is 4. The number of benzene rings is 6. The number of allylic oxidation sites excluding steroid dienone is 1. The number of aromatic nitrogens is 3. The first-order chi connectivity index (χ1) is 39.2. The summed E-state index contributed by atoms with van der Waals surface area (Å²) >= 11 is 0. The second kappa shape index (κ2) is 20.7. The average molecular weight is 1140 g/mol. The molecule has 1 atom stereocenters. The monoisotopic (exact) mass is 1140 g/mol. The summed E-state index contributed by atoms with van der Waals surface area (Å²) in [5, 5.41) is 4.97. The molecule has 354 valence electrons. The van der Waals surface area contributed by atoms with E-state index in [1.165, 1.54) is 6.20 Å². The predicted molar refractivity (Wildman–Crippen MR) is 268 cm³/mol. The van der Waals surface area contributed by atoms with E-state index in [2.05, 4.69) is 28.2 Å². The van der Waals surface area contributed by atoms with E-state index in [0.29, 0.717) is 40.3 Å².